The maximum Gasteiger partial charge on any atom is 0.123 e. The molecule has 15 heavy (non-hydrogen) atoms. The third-order valence-electron chi connectivity index (χ3n) is 2.48. The summed E-state index contributed by atoms with van der Waals surface area (Å²) < 4.78 is 13.3. The standard InChI is InChI=1S/C12H18FNO/c1-8(2)9-5-10(7-11(13)6-9)12(14)3-4-15/h5-8,12,15H,3-4,14H2,1-2H3. The first-order chi connectivity index (χ1) is 7.04. The van der Waals surface area contributed by atoms with E-state index in [9.17, 15) is 4.39 Å². The molecule has 0 spiro atoms. The highest BCUT2D eigenvalue weighted by Gasteiger charge is 2.09. The molecule has 1 rings (SSSR count). The number of benzene rings is 1. The van der Waals surface area contributed by atoms with Crippen LogP contribution in [0, 0.1) is 5.82 Å². The van der Waals surface area contributed by atoms with E-state index in [1.165, 1.54) is 12.1 Å². The lowest BCUT2D eigenvalue weighted by Gasteiger charge is -2.14. The molecule has 0 aliphatic carbocycles. The van der Waals surface area contributed by atoms with Gasteiger partial charge in [0.2, 0.25) is 0 Å². The molecule has 0 aliphatic heterocycles. The molecule has 0 bridgehead atoms. The fraction of sp³-hybridized carbons (Fsp3) is 0.500. The van der Waals surface area contributed by atoms with Crippen molar-refractivity contribution in [3.63, 3.8) is 0 Å². The molecular weight excluding hydrogens is 193 g/mol. The van der Waals surface area contributed by atoms with E-state index in [0.29, 0.717) is 6.42 Å². The number of hydrogen-bond acceptors (Lipinski definition) is 2. The molecule has 0 heterocycles. The molecule has 0 radical (unpaired) electrons. The summed E-state index contributed by atoms with van der Waals surface area (Å²) in [5.41, 5.74) is 7.52. The zero-order valence-electron chi connectivity index (χ0n) is 9.20. The van der Waals surface area contributed by atoms with Crippen LogP contribution in [0.15, 0.2) is 18.2 Å². The molecule has 3 N–H and O–H groups in total. The zero-order chi connectivity index (χ0) is 11.4. The topological polar surface area (TPSA) is 46.2 Å². The van der Waals surface area contributed by atoms with E-state index in [-0.39, 0.29) is 24.4 Å². The Bertz CT molecular complexity index is 325. The van der Waals surface area contributed by atoms with Gasteiger partial charge in [0, 0.05) is 12.6 Å². The summed E-state index contributed by atoms with van der Waals surface area (Å²) in [6.45, 7) is 4.04. The molecule has 1 atom stereocenters. The smallest absolute Gasteiger partial charge is 0.123 e. The Morgan fingerprint density at radius 3 is 2.40 bits per heavy atom. The summed E-state index contributed by atoms with van der Waals surface area (Å²) in [4.78, 5) is 0. The zero-order valence-corrected chi connectivity index (χ0v) is 9.20. The van der Waals surface area contributed by atoms with E-state index in [1.807, 2.05) is 19.9 Å². The maximum atomic E-state index is 13.3. The molecule has 0 amide bonds. The SMILES string of the molecule is CC(C)c1cc(F)cc(C(N)CCO)c1. The third-order valence-corrected chi connectivity index (χ3v) is 2.48. The van der Waals surface area contributed by atoms with Gasteiger partial charge in [-0.1, -0.05) is 19.9 Å². The van der Waals surface area contributed by atoms with Gasteiger partial charge in [-0.05, 0) is 35.6 Å². The van der Waals surface area contributed by atoms with Crippen LogP contribution < -0.4 is 5.73 Å². The van der Waals surface area contributed by atoms with Crippen molar-refractivity contribution in [1.29, 1.82) is 0 Å². The van der Waals surface area contributed by atoms with E-state index in [4.69, 9.17) is 10.8 Å². The molecule has 0 fully saturated rings. The van der Waals surface area contributed by atoms with Crippen molar-refractivity contribution >= 4 is 0 Å². The molecule has 3 heteroatoms. The minimum atomic E-state index is -0.289. The van der Waals surface area contributed by atoms with Crippen LogP contribution in [0.2, 0.25) is 0 Å². The number of rotatable bonds is 4. The van der Waals surface area contributed by atoms with Crippen molar-refractivity contribution in [1.82, 2.24) is 0 Å². The summed E-state index contributed by atoms with van der Waals surface area (Å²) in [6.07, 6.45) is 0.459. The van der Waals surface area contributed by atoms with E-state index >= 15 is 0 Å². The number of halogens is 1. The number of hydrogen-bond donors (Lipinski definition) is 2. The molecule has 0 saturated carbocycles. The third kappa shape index (κ3) is 3.29. The van der Waals surface area contributed by atoms with Gasteiger partial charge < -0.3 is 10.8 Å². The molecular formula is C12H18FNO. The van der Waals surface area contributed by atoms with Crippen molar-refractivity contribution < 1.29 is 9.50 Å². The highest BCUT2D eigenvalue weighted by atomic mass is 19.1. The average Bonchev–Trinajstić information content (AvgIpc) is 2.17. The minimum Gasteiger partial charge on any atom is -0.396 e. The average molecular weight is 211 g/mol. The highest BCUT2D eigenvalue weighted by Crippen LogP contribution is 2.22. The first kappa shape index (κ1) is 12.1. The van der Waals surface area contributed by atoms with Crippen LogP contribution in [0.4, 0.5) is 4.39 Å². The maximum absolute atomic E-state index is 13.3. The van der Waals surface area contributed by atoms with E-state index in [0.717, 1.165) is 11.1 Å². The second-order valence-electron chi connectivity index (χ2n) is 4.09. The van der Waals surface area contributed by atoms with Crippen LogP contribution in [0.1, 0.15) is 43.4 Å². The Hall–Kier alpha value is -0.930. The molecule has 1 aromatic rings. The van der Waals surface area contributed by atoms with Gasteiger partial charge >= 0.3 is 0 Å². The van der Waals surface area contributed by atoms with E-state index < -0.39 is 0 Å². The highest BCUT2D eigenvalue weighted by molar-refractivity contribution is 5.28. The van der Waals surface area contributed by atoms with Crippen molar-refractivity contribution in [2.24, 2.45) is 5.73 Å². The van der Waals surface area contributed by atoms with E-state index in [1.54, 1.807) is 0 Å². The lowest BCUT2D eigenvalue weighted by Crippen LogP contribution is -2.12. The van der Waals surface area contributed by atoms with Crippen LogP contribution in [-0.4, -0.2) is 11.7 Å². The van der Waals surface area contributed by atoms with Gasteiger partial charge in [-0.3, -0.25) is 0 Å². The molecule has 0 aliphatic rings. The molecule has 0 saturated heterocycles. The van der Waals surface area contributed by atoms with Crippen molar-refractivity contribution in [2.45, 2.75) is 32.2 Å². The van der Waals surface area contributed by atoms with Crippen LogP contribution >= 0.6 is 0 Å². The summed E-state index contributed by atoms with van der Waals surface area (Å²) in [7, 11) is 0. The number of aliphatic hydroxyl groups is 1. The van der Waals surface area contributed by atoms with E-state index in [2.05, 4.69) is 0 Å². The molecule has 1 unspecified atom stereocenters. The van der Waals surface area contributed by atoms with Crippen molar-refractivity contribution in [3.05, 3.63) is 35.1 Å². The first-order valence-electron chi connectivity index (χ1n) is 5.21. The summed E-state index contributed by atoms with van der Waals surface area (Å²) >= 11 is 0. The fourth-order valence-corrected chi connectivity index (χ4v) is 1.49. The predicted molar refractivity (Wildman–Crippen MR) is 59.1 cm³/mol. The van der Waals surface area contributed by atoms with Crippen LogP contribution in [0.25, 0.3) is 0 Å². The quantitative estimate of drug-likeness (QED) is 0.803. The number of nitrogens with two attached hydrogens (primary N) is 1. The number of aliphatic hydroxyl groups excluding tert-OH is 1. The Morgan fingerprint density at radius 1 is 1.27 bits per heavy atom. The molecule has 1 aromatic carbocycles. The Morgan fingerprint density at radius 2 is 1.87 bits per heavy atom. The molecule has 2 nitrogen and oxygen atoms in total. The van der Waals surface area contributed by atoms with Gasteiger partial charge in [-0.25, -0.2) is 4.39 Å². The van der Waals surface area contributed by atoms with Crippen LogP contribution in [0.3, 0.4) is 0 Å². The summed E-state index contributed by atoms with van der Waals surface area (Å²) in [5, 5.41) is 8.77. The Balaban J connectivity index is 2.98. The van der Waals surface area contributed by atoms with Gasteiger partial charge in [0.25, 0.3) is 0 Å². The molecule has 0 aromatic heterocycles. The lowest BCUT2D eigenvalue weighted by molar-refractivity contribution is 0.276. The first-order valence-corrected chi connectivity index (χ1v) is 5.21. The molecule has 84 valence electrons. The second-order valence-corrected chi connectivity index (χ2v) is 4.09. The van der Waals surface area contributed by atoms with Crippen LogP contribution in [0.5, 0.6) is 0 Å². The largest absolute Gasteiger partial charge is 0.396 e. The van der Waals surface area contributed by atoms with Gasteiger partial charge in [0.15, 0.2) is 0 Å². The summed E-state index contributed by atoms with van der Waals surface area (Å²) in [5.74, 6) is 0.0189. The van der Waals surface area contributed by atoms with Gasteiger partial charge in [-0.15, -0.1) is 0 Å². The lowest BCUT2D eigenvalue weighted by atomic mass is 9.96. The normalized spacial score (nSPS) is 13.2. The van der Waals surface area contributed by atoms with Crippen molar-refractivity contribution in [3.8, 4) is 0 Å². The minimum absolute atomic E-state index is 0.0225. The van der Waals surface area contributed by atoms with Gasteiger partial charge in [0.1, 0.15) is 5.82 Å². The Labute approximate surface area is 89.9 Å². The second kappa shape index (κ2) is 5.24. The van der Waals surface area contributed by atoms with Gasteiger partial charge in [0.05, 0.1) is 0 Å². The van der Waals surface area contributed by atoms with Crippen molar-refractivity contribution in [2.75, 3.05) is 6.61 Å². The van der Waals surface area contributed by atoms with Gasteiger partial charge in [-0.2, -0.15) is 0 Å². The predicted octanol–water partition coefficient (Wildman–Crippen LogP) is 2.33. The monoisotopic (exact) mass is 211 g/mol. The van der Waals surface area contributed by atoms with Crippen LogP contribution in [-0.2, 0) is 0 Å². The fourth-order valence-electron chi connectivity index (χ4n) is 1.49. The summed E-state index contributed by atoms with van der Waals surface area (Å²) in [6, 6.07) is 4.59. The Kier molecular flexibility index (Phi) is 4.24.